The minimum absolute atomic E-state index is 0.123. The van der Waals surface area contributed by atoms with E-state index in [9.17, 15) is 9.18 Å². The van der Waals surface area contributed by atoms with Crippen LogP contribution in [-0.2, 0) is 17.8 Å². The Morgan fingerprint density at radius 3 is 2.70 bits per heavy atom. The van der Waals surface area contributed by atoms with Crippen molar-refractivity contribution < 1.29 is 13.9 Å². The third-order valence-corrected chi connectivity index (χ3v) is 5.27. The number of amides is 1. The van der Waals surface area contributed by atoms with Gasteiger partial charge in [0.1, 0.15) is 11.6 Å². The van der Waals surface area contributed by atoms with Crippen molar-refractivity contribution in [3.05, 3.63) is 64.4 Å². The molecule has 1 N–H and O–H groups in total. The zero-order chi connectivity index (χ0) is 19.2. The van der Waals surface area contributed by atoms with Gasteiger partial charge in [0.2, 0.25) is 5.91 Å². The van der Waals surface area contributed by atoms with Gasteiger partial charge in [-0.25, -0.2) is 4.39 Å². The van der Waals surface area contributed by atoms with E-state index in [4.69, 9.17) is 16.3 Å². The highest BCUT2D eigenvalue weighted by Gasteiger charge is 2.23. The van der Waals surface area contributed by atoms with E-state index >= 15 is 0 Å². The van der Waals surface area contributed by atoms with Crippen molar-refractivity contribution in [1.82, 2.24) is 10.2 Å². The molecule has 0 unspecified atom stereocenters. The molecule has 0 saturated carbocycles. The fourth-order valence-corrected chi connectivity index (χ4v) is 3.49. The lowest BCUT2D eigenvalue weighted by molar-refractivity contribution is -0.131. The number of likely N-dealkylation sites (tertiary alicyclic amines) is 1. The number of rotatable bonds is 6. The van der Waals surface area contributed by atoms with Crippen molar-refractivity contribution >= 4 is 17.5 Å². The van der Waals surface area contributed by atoms with E-state index in [1.807, 2.05) is 35.2 Å². The van der Waals surface area contributed by atoms with E-state index in [1.165, 1.54) is 6.07 Å². The lowest BCUT2D eigenvalue weighted by Crippen LogP contribution is -2.45. The number of hydrogen-bond donors (Lipinski definition) is 1. The predicted octanol–water partition coefficient (Wildman–Crippen LogP) is 3.81. The van der Waals surface area contributed by atoms with Gasteiger partial charge in [0, 0.05) is 31.2 Å². The Kier molecular flexibility index (Phi) is 6.69. The number of para-hydroxylation sites is 1. The average molecular weight is 391 g/mol. The molecule has 0 bridgehead atoms. The van der Waals surface area contributed by atoms with E-state index in [2.05, 4.69) is 5.32 Å². The minimum Gasteiger partial charge on any atom is -0.496 e. The van der Waals surface area contributed by atoms with Crippen LogP contribution in [0.3, 0.4) is 0 Å². The van der Waals surface area contributed by atoms with E-state index in [0.717, 1.165) is 42.8 Å². The Morgan fingerprint density at radius 1 is 1.26 bits per heavy atom. The number of carbonyl (C=O) groups is 1. The molecule has 1 fully saturated rings. The largest absolute Gasteiger partial charge is 0.496 e. The first kappa shape index (κ1) is 19.6. The molecule has 0 aromatic heterocycles. The van der Waals surface area contributed by atoms with Gasteiger partial charge in [-0.2, -0.15) is 0 Å². The van der Waals surface area contributed by atoms with Gasteiger partial charge in [-0.3, -0.25) is 4.79 Å². The van der Waals surface area contributed by atoms with Gasteiger partial charge >= 0.3 is 0 Å². The second-order valence-corrected chi connectivity index (χ2v) is 7.18. The van der Waals surface area contributed by atoms with Crippen LogP contribution in [-0.4, -0.2) is 37.0 Å². The summed E-state index contributed by atoms with van der Waals surface area (Å²) < 4.78 is 18.8. The molecule has 2 aromatic rings. The maximum Gasteiger partial charge on any atom is 0.227 e. The summed E-state index contributed by atoms with van der Waals surface area (Å²) in [6.45, 7) is 2.04. The molecule has 1 aliphatic heterocycles. The molecule has 27 heavy (non-hydrogen) atoms. The lowest BCUT2D eigenvalue weighted by atomic mass is 10.0. The molecule has 1 aliphatic rings. The van der Waals surface area contributed by atoms with Crippen LogP contribution < -0.4 is 10.1 Å². The second-order valence-electron chi connectivity index (χ2n) is 6.77. The normalized spacial score (nSPS) is 15.0. The Labute approximate surface area is 164 Å². The number of nitrogens with zero attached hydrogens (tertiary/aromatic N) is 1. The average Bonchev–Trinajstić information content (AvgIpc) is 2.69. The highest BCUT2D eigenvalue weighted by Crippen LogP contribution is 2.20. The van der Waals surface area contributed by atoms with Crippen LogP contribution >= 0.6 is 11.6 Å². The summed E-state index contributed by atoms with van der Waals surface area (Å²) in [5, 5.41) is 3.58. The van der Waals surface area contributed by atoms with Crippen LogP contribution in [0.25, 0.3) is 0 Å². The first-order chi connectivity index (χ1) is 13.1. The molecular weight excluding hydrogens is 367 g/mol. The summed E-state index contributed by atoms with van der Waals surface area (Å²) in [5.41, 5.74) is 1.78. The number of ether oxygens (including phenoxy) is 1. The molecule has 1 saturated heterocycles. The third kappa shape index (κ3) is 5.21. The van der Waals surface area contributed by atoms with Crippen molar-refractivity contribution in [2.24, 2.45) is 0 Å². The van der Waals surface area contributed by atoms with Crippen LogP contribution in [0.4, 0.5) is 4.39 Å². The molecule has 4 nitrogen and oxygen atoms in total. The number of hydrogen-bond acceptors (Lipinski definition) is 3. The van der Waals surface area contributed by atoms with Crippen LogP contribution in [0.5, 0.6) is 5.75 Å². The Bertz CT molecular complexity index is 792. The van der Waals surface area contributed by atoms with Gasteiger partial charge in [0.15, 0.2) is 0 Å². The number of piperidine rings is 1. The molecule has 3 rings (SSSR count). The van der Waals surface area contributed by atoms with Gasteiger partial charge in [-0.15, -0.1) is 0 Å². The molecule has 0 atom stereocenters. The van der Waals surface area contributed by atoms with Crippen molar-refractivity contribution in [2.75, 3.05) is 20.2 Å². The molecule has 1 amide bonds. The summed E-state index contributed by atoms with van der Waals surface area (Å²) in [4.78, 5) is 14.5. The summed E-state index contributed by atoms with van der Waals surface area (Å²) in [6, 6.07) is 12.8. The molecular formula is C21H24ClFN2O2. The van der Waals surface area contributed by atoms with Gasteiger partial charge in [0.25, 0.3) is 0 Å². The lowest BCUT2D eigenvalue weighted by Gasteiger charge is -2.32. The van der Waals surface area contributed by atoms with Crippen LogP contribution in [0.15, 0.2) is 42.5 Å². The smallest absolute Gasteiger partial charge is 0.227 e. The predicted molar refractivity (Wildman–Crippen MR) is 105 cm³/mol. The van der Waals surface area contributed by atoms with Crippen LogP contribution in [0.2, 0.25) is 5.02 Å². The van der Waals surface area contributed by atoms with Gasteiger partial charge in [-0.05, 0) is 36.6 Å². The molecule has 144 valence electrons. The second kappa shape index (κ2) is 9.20. The zero-order valence-electron chi connectivity index (χ0n) is 15.4. The molecule has 1 heterocycles. The number of benzene rings is 2. The number of nitrogens with one attached hydrogen (secondary N) is 1. The number of halogens is 2. The maximum absolute atomic E-state index is 13.5. The first-order valence-electron chi connectivity index (χ1n) is 9.14. The number of carbonyl (C=O) groups excluding carboxylic acids is 1. The molecule has 0 spiro atoms. The summed E-state index contributed by atoms with van der Waals surface area (Å²) in [7, 11) is 1.62. The van der Waals surface area contributed by atoms with Crippen molar-refractivity contribution in [3.8, 4) is 5.75 Å². The summed E-state index contributed by atoms with van der Waals surface area (Å²) in [5.74, 6) is 0.475. The molecule has 0 aliphatic carbocycles. The van der Waals surface area contributed by atoms with Gasteiger partial charge in [-0.1, -0.05) is 35.9 Å². The van der Waals surface area contributed by atoms with E-state index in [-0.39, 0.29) is 10.9 Å². The molecule has 0 radical (unpaired) electrons. The third-order valence-electron chi connectivity index (χ3n) is 4.96. The maximum atomic E-state index is 13.5. The Hall–Kier alpha value is -2.11. The van der Waals surface area contributed by atoms with Crippen molar-refractivity contribution in [3.63, 3.8) is 0 Å². The fourth-order valence-electron chi connectivity index (χ4n) is 3.37. The van der Waals surface area contributed by atoms with E-state index in [1.54, 1.807) is 13.2 Å². The quantitative estimate of drug-likeness (QED) is 0.815. The minimum atomic E-state index is -0.396. The summed E-state index contributed by atoms with van der Waals surface area (Å²) in [6.07, 6.45) is 2.12. The highest BCUT2D eigenvalue weighted by atomic mass is 35.5. The van der Waals surface area contributed by atoms with Crippen LogP contribution in [0.1, 0.15) is 24.0 Å². The molecule has 6 heteroatoms. The monoisotopic (exact) mass is 390 g/mol. The standard InChI is InChI=1S/C21H24ClFN2O2/c1-27-20-5-3-2-4-16(20)13-21(26)25-10-8-17(9-11-25)24-14-15-6-7-18(22)19(23)12-15/h2-7,12,17,24H,8-11,13-14H2,1H3. The topological polar surface area (TPSA) is 41.6 Å². The summed E-state index contributed by atoms with van der Waals surface area (Å²) >= 11 is 5.71. The van der Waals surface area contributed by atoms with E-state index < -0.39 is 5.82 Å². The van der Waals surface area contributed by atoms with Crippen molar-refractivity contribution in [1.29, 1.82) is 0 Å². The molecule has 2 aromatic carbocycles. The zero-order valence-corrected chi connectivity index (χ0v) is 16.1. The first-order valence-corrected chi connectivity index (χ1v) is 9.51. The van der Waals surface area contributed by atoms with Crippen LogP contribution in [0, 0.1) is 5.82 Å². The van der Waals surface area contributed by atoms with Crippen molar-refractivity contribution in [2.45, 2.75) is 31.8 Å². The Balaban J connectivity index is 1.46. The number of methoxy groups -OCH3 is 1. The fraction of sp³-hybridized carbons (Fsp3) is 0.381. The van der Waals surface area contributed by atoms with Gasteiger partial charge < -0.3 is 15.0 Å². The SMILES string of the molecule is COc1ccccc1CC(=O)N1CCC(NCc2ccc(Cl)c(F)c2)CC1. The van der Waals surface area contributed by atoms with Gasteiger partial charge in [0.05, 0.1) is 18.6 Å². The highest BCUT2D eigenvalue weighted by molar-refractivity contribution is 6.30. The van der Waals surface area contributed by atoms with E-state index in [0.29, 0.717) is 19.0 Å². The Morgan fingerprint density at radius 2 is 2.00 bits per heavy atom.